The van der Waals surface area contributed by atoms with Gasteiger partial charge in [-0.3, -0.25) is 9.78 Å². The summed E-state index contributed by atoms with van der Waals surface area (Å²) < 4.78 is 12.9. The first kappa shape index (κ1) is 15.4. The number of amides is 1. The molecule has 1 aliphatic heterocycles. The molecule has 2 heterocycles. The van der Waals surface area contributed by atoms with E-state index in [4.69, 9.17) is 0 Å². The summed E-state index contributed by atoms with van der Waals surface area (Å²) in [4.78, 5) is 18.6. The lowest BCUT2D eigenvalue weighted by molar-refractivity contribution is -0.130. The number of hydrogen-bond acceptors (Lipinski definition) is 2. The van der Waals surface area contributed by atoms with Gasteiger partial charge in [-0.15, -0.1) is 0 Å². The zero-order valence-electron chi connectivity index (χ0n) is 13.1. The third-order valence-electron chi connectivity index (χ3n) is 4.07. The smallest absolute Gasteiger partial charge is 0.227 e. The third-order valence-corrected chi connectivity index (χ3v) is 4.07. The molecule has 3 nitrogen and oxygen atoms in total. The highest BCUT2D eigenvalue weighted by atomic mass is 19.1. The average molecular weight is 310 g/mol. The minimum atomic E-state index is -0.280. The van der Waals surface area contributed by atoms with E-state index in [-0.39, 0.29) is 11.7 Å². The summed E-state index contributed by atoms with van der Waals surface area (Å²) in [5.74, 6) is -0.207. The maximum absolute atomic E-state index is 12.9. The zero-order chi connectivity index (χ0) is 16.2. The fraction of sp³-hybridized carbons (Fsp3) is 0.263. The molecular weight excluding hydrogens is 291 g/mol. The van der Waals surface area contributed by atoms with E-state index >= 15 is 0 Å². The Hall–Kier alpha value is -2.49. The van der Waals surface area contributed by atoms with Gasteiger partial charge < -0.3 is 4.90 Å². The number of rotatable bonds is 3. The summed E-state index contributed by atoms with van der Waals surface area (Å²) in [6.07, 6.45) is 5.06. The zero-order valence-corrected chi connectivity index (χ0v) is 13.1. The van der Waals surface area contributed by atoms with Crippen molar-refractivity contribution in [2.45, 2.75) is 19.8 Å². The fourth-order valence-electron chi connectivity index (χ4n) is 2.67. The Morgan fingerprint density at radius 2 is 2.00 bits per heavy atom. The molecule has 1 aliphatic rings. The molecule has 3 rings (SSSR count). The monoisotopic (exact) mass is 310 g/mol. The Kier molecular flexibility index (Phi) is 4.51. The van der Waals surface area contributed by atoms with Gasteiger partial charge in [0.15, 0.2) is 0 Å². The first-order valence-corrected chi connectivity index (χ1v) is 7.76. The molecule has 1 aromatic heterocycles. The summed E-state index contributed by atoms with van der Waals surface area (Å²) in [5.41, 5.74) is 4.16. The van der Waals surface area contributed by atoms with E-state index < -0.39 is 0 Å². The molecular formula is C19H19FN2O. The molecule has 0 saturated carbocycles. The van der Waals surface area contributed by atoms with Crippen molar-refractivity contribution < 1.29 is 9.18 Å². The topological polar surface area (TPSA) is 33.2 Å². The number of halogens is 1. The molecule has 0 atom stereocenters. The number of carbonyl (C=O) groups excluding carboxylic acids is 1. The van der Waals surface area contributed by atoms with Crippen LogP contribution in [0.3, 0.4) is 0 Å². The van der Waals surface area contributed by atoms with Crippen molar-refractivity contribution in [2.75, 3.05) is 13.1 Å². The summed E-state index contributed by atoms with van der Waals surface area (Å²) >= 11 is 0. The number of aryl methyl sites for hydroxylation is 1. The summed E-state index contributed by atoms with van der Waals surface area (Å²) in [6, 6.07) is 10.2. The van der Waals surface area contributed by atoms with E-state index in [1.165, 1.54) is 17.7 Å². The lowest BCUT2D eigenvalue weighted by atomic mass is 10.0. The molecule has 118 valence electrons. The second-order valence-corrected chi connectivity index (χ2v) is 5.84. The van der Waals surface area contributed by atoms with Gasteiger partial charge in [-0.25, -0.2) is 4.39 Å². The van der Waals surface area contributed by atoms with Crippen molar-refractivity contribution in [3.63, 3.8) is 0 Å². The predicted octanol–water partition coefficient (Wildman–Crippen LogP) is 3.39. The molecule has 0 bridgehead atoms. The van der Waals surface area contributed by atoms with Crippen LogP contribution in [0.15, 0.2) is 48.7 Å². The third kappa shape index (κ3) is 3.83. The van der Waals surface area contributed by atoms with E-state index in [1.807, 2.05) is 24.1 Å². The molecule has 0 unspecified atom stereocenters. The van der Waals surface area contributed by atoms with Crippen LogP contribution in [0.5, 0.6) is 0 Å². The highest BCUT2D eigenvalue weighted by Crippen LogP contribution is 2.21. The molecule has 0 fully saturated rings. The van der Waals surface area contributed by atoms with Crippen LogP contribution in [0, 0.1) is 12.7 Å². The largest absolute Gasteiger partial charge is 0.338 e. The SMILES string of the molecule is Cc1ccc(C2=CCN(C(=O)Cc3ccc(F)cc3)CC2)nc1. The second kappa shape index (κ2) is 6.73. The van der Waals surface area contributed by atoms with Crippen LogP contribution >= 0.6 is 0 Å². The Labute approximate surface area is 135 Å². The number of hydrogen-bond donors (Lipinski definition) is 0. The molecule has 0 N–H and O–H groups in total. The van der Waals surface area contributed by atoms with Gasteiger partial charge in [0.2, 0.25) is 5.91 Å². The van der Waals surface area contributed by atoms with E-state index in [1.54, 1.807) is 12.1 Å². The predicted molar refractivity (Wildman–Crippen MR) is 88.3 cm³/mol. The van der Waals surface area contributed by atoms with Crippen molar-refractivity contribution in [3.05, 3.63) is 71.3 Å². The van der Waals surface area contributed by atoms with E-state index in [2.05, 4.69) is 17.1 Å². The normalized spacial score (nSPS) is 14.5. The number of nitrogens with zero attached hydrogens (tertiary/aromatic N) is 2. The van der Waals surface area contributed by atoms with Crippen LogP contribution < -0.4 is 0 Å². The molecule has 0 saturated heterocycles. The van der Waals surface area contributed by atoms with Crippen molar-refractivity contribution >= 4 is 11.5 Å². The molecule has 0 radical (unpaired) electrons. The van der Waals surface area contributed by atoms with Crippen LogP contribution in [-0.2, 0) is 11.2 Å². The first-order valence-electron chi connectivity index (χ1n) is 7.76. The lowest BCUT2D eigenvalue weighted by Gasteiger charge is -2.26. The molecule has 4 heteroatoms. The van der Waals surface area contributed by atoms with Gasteiger partial charge in [0, 0.05) is 19.3 Å². The Balaban J connectivity index is 1.62. The quantitative estimate of drug-likeness (QED) is 0.870. The minimum absolute atomic E-state index is 0.0729. The number of benzene rings is 1. The minimum Gasteiger partial charge on any atom is -0.338 e. The first-order chi connectivity index (χ1) is 11.1. The van der Waals surface area contributed by atoms with Gasteiger partial charge in [-0.2, -0.15) is 0 Å². The van der Waals surface area contributed by atoms with Gasteiger partial charge >= 0.3 is 0 Å². The molecule has 2 aromatic rings. The van der Waals surface area contributed by atoms with Crippen molar-refractivity contribution in [1.82, 2.24) is 9.88 Å². The van der Waals surface area contributed by atoms with E-state index in [0.717, 1.165) is 23.2 Å². The van der Waals surface area contributed by atoms with Gasteiger partial charge in [-0.1, -0.05) is 24.3 Å². The molecule has 0 aliphatic carbocycles. The number of pyridine rings is 1. The Bertz CT molecular complexity index is 720. The Morgan fingerprint density at radius 1 is 1.22 bits per heavy atom. The van der Waals surface area contributed by atoms with E-state index in [0.29, 0.717) is 19.5 Å². The molecule has 23 heavy (non-hydrogen) atoms. The standard InChI is InChI=1S/C19H19FN2O/c1-14-2-7-18(21-13-14)16-8-10-22(11-9-16)19(23)12-15-3-5-17(20)6-4-15/h2-8,13H,9-12H2,1H3. The van der Waals surface area contributed by atoms with Crippen molar-refractivity contribution in [1.29, 1.82) is 0 Å². The van der Waals surface area contributed by atoms with Gasteiger partial charge in [0.1, 0.15) is 5.82 Å². The van der Waals surface area contributed by atoms with Crippen LogP contribution in [0.1, 0.15) is 23.2 Å². The number of aromatic nitrogens is 1. The second-order valence-electron chi connectivity index (χ2n) is 5.84. The lowest BCUT2D eigenvalue weighted by Crippen LogP contribution is -2.35. The van der Waals surface area contributed by atoms with Crippen molar-refractivity contribution in [3.8, 4) is 0 Å². The van der Waals surface area contributed by atoms with Crippen LogP contribution in [0.2, 0.25) is 0 Å². The van der Waals surface area contributed by atoms with Crippen LogP contribution in [0.4, 0.5) is 4.39 Å². The number of carbonyl (C=O) groups is 1. The highest BCUT2D eigenvalue weighted by Gasteiger charge is 2.18. The molecule has 1 amide bonds. The summed E-state index contributed by atoms with van der Waals surface area (Å²) in [6.45, 7) is 3.31. The maximum Gasteiger partial charge on any atom is 0.227 e. The van der Waals surface area contributed by atoms with Crippen molar-refractivity contribution in [2.24, 2.45) is 0 Å². The van der Waals surface area contributed by atoms with Crippen LogP contribution in [0.25, 0.3) is 5.57 Å². The average Bonchev–Trinajstić information content (AvgIpc) is 2.58. The summed E-state index contributed by atoms with van der Waals surface area (Å²) in [7, 11) is 0. The fourth-order valence-corrected chi connectivity index (χ4v) is 2.67. The van der Waals surface area contributed by atoms with Crippen LogP contribution in [-0.4, -0.2) is 28.9 Å². The molecule has 0 spiro atoms. The molecule has 1 aromatic carbocycles. The van der Waals surface area contributed by atoms with Gasteiger partial charge in [0.05, 0.1) is 12.1 Å². The highest BCUT2D eigenvalue weighted by molar-refractivity contribution is 5.80. The van der Waals surface area contributed by atoms with E-state index in [9.17, 15) is 9.18 Å². The summed E-state index contributed by atoms with van der Waals surface area (Å²) in [5, 5.41) is 0. The maximum atomic E-state index is 12.9. The Morgan fingerprint density at radius 3 is 2.61 bits per heavy atom. The van der Waals surface area contributed by atoms with Gasteiger partial charge in [-0.05, 0) is 48.2 Å². The van der Waals surface area contributed by atoms with Gasteiger partial charge in [0.25, 0.3) is 0 Å².